The molecular weight excluding hydrogens is 444 g/mol. The first-order valence-electron chi connectivity index (χ1n) is 10.6. The first kappa shape index (κ1) is 22.5. The topological polar surface area (TPSA) is 105 Å². The van der Waals surface area contributed by atoms with Crippen LogP contribution in [0.4, 0.5) is 11.4 Å². The van der Waals surface area contributed by atoms with E-state index in [1.54, 1.807) is 59.5 Å². The third kappa shape index (κ3) is 5.40. The van der Waals surface area contributed by atoms with Crippen LogP contribution < -0.4 is 10.6 Å². The highest BCUT2D eigenvalue weighted by molar-refractivity contribution is 6.33. The van der Waals surface area contributed by atoms with Crippen molar-refractivity contribution < 1.29 is 18.9 Å². The molecule has 2 aromatic carbocycles. The molecule has 0 spiro atoms. The zero-order valence-corrected chi connectivity index (χ0v) is 18.8. The quantitative estimate of drug-likeness (QED) is 0.573. The lowest BCUT2D eigenvalue weighted by Crippen LogP contribution is -2.39. The SMILES string of the molecule is CC(=O)Nc1ccc(C(=O)N2CCCC(c3cc(C(=O)Nc4ccccc4Cl)no3)C2)cc1. The van der Waals surface area contributed by atoms with Crippen LogP contribution in [0.5, 0.6) is 0 Å². The maximum atomic E-state index is 13.0. The number of aromatic nitrogens is 1. The lowest BCUT2D eigenvalue weighted by molar-refractivity contribution is -0.114. The fourth-order valence-electron chi connectivity index (χ4n) is 3.81. The molecule has 3 aromatic rings. The molecule has 170 valence electrons. The number of carbonyl (C=O) groups excluding carboxylic acids is 3. The van der Waals surface area contributed by atoms with Crippen LogP contribution in [0.15, 0.2) is 59.1 Å². The molecule has 8 nitrogen and oxygen atoms in total. The van der Waals surface area contributed by atoms with Crippen molar-refractivity contribution in [2.75, 3.05) is 23.7 Å². The average Bonchev–Trinajstić information content (AvgIpc) is 3.31. The summed E-state index contributed by atoms with van der Waals surface area (Å²) < 4.78 is 5.46. The molecule has 9 heteroatoms. The molecule has 3 amide bonds. The Morgan fingerprint density at radius 2 is 1.85 bits per heavy atom. The highest BCUT2D eigenvalue weighted by Gasteiger charge is 2.29. The monoisotopic (exact) mass is 466 g/mol. The van der Waals surface area contributed by atoms with Crippen LogP contribution >= 0.6 is 11.6 Å². The number of hydrogen-bond donors (Lipinski definition) is 2. The third-order valence-electron chi connectivity index (χ3n) is 5.45. The van der Waals surface area contributed by atoms with Crippen LogP contribution in [0.3, 0.4) is 0 Å². The van der Waals surface area contributed by atoms with E-state index in [4.69, 9.17) is 16.1 Å². The molecule has 1 unspecified atom stereocenters. The largest absolute Gasteiger partial charge is 0.360 e. The van der Waals surface area contributed by atoms with E-state index >= 15 is 0 Å². The highest BCUT2D eigenvalue weighted by atomic mass is 35.5. The van der Waals surface area contributed by atoms with E-state index in [0.29, 0.717) is 40.8 Å². The van der Waals surface area contributed by atoms with E-state index in [9.17, 15) is 14.4 Å². The summed E-state index contributed by atoms with van der Waals surface area (Å²) in [6, 6.07) is 15.4. The van der Waals surface area contributed by atoms with E-state index in [1.807, 2.05) is 0 Å². The first-order valence-corrected chi connectivity index (χ1v) is 11.0. The Hall–Kier alpha value is -3.65. The Morgan fingerprint density at radius 1 is 1.09 bits per heavy atom. The van der Waals surface area contributed by atoms with Gasteiger partial charge in [0, 0.05) is 43.2 Å². The molecule has 2 heterocycles. The number of nitrogens with zero attached hydrogens (tertiary/aromatic N) is 2. The van der Waals surface area contributed by atoms with Crippen molar-refractivity contribution in [1.82, 2.24) is 10.1 Å². The van der Waals surface area contributed by atoms with Crippen LogP contribution in [-0.2, 0) is 4.79 Å². The second-order valence-corrected chi connectivity index (χ2v) is 8.30. The van der Waals surface area contributed by atoms with Crippen molar-refractivity contribution in [3.8, 4) is 0 Å². The summed E-state index contributed by atoms with van der Waals surface area (Å²) in [4.78, 5) is 38.4. The Balaban J connectivity index is 1.41. The van der Waals surface area contributed by atoms with Gasteiger partial charge in [-0.1, -0.05) is 28.9 Å². The van der Waals surface area contributed by atoms with Gasteiger partial charge >= 0.3 is 0 Å². The summed E-state index contributed by atoms with van der Waals surface area (Å²) >= 11 is 6.10. The predicted octanol–water partition coefficient (Wildman–Crippen LogP) is 4.56. The van der Waals surface area contributed by atoms with Crippen molar-refractivity contribution in [2.45, 2.75) is 25.7 Å². The number of para-hydroxylation sites is 1. The zero-order valence-electron chi connectivity index (χ0n) is 18.0. The summed E-state index contributed by atoms with van der Waals surface area (Å²) in [5, 5.41) is 9.75. The maximum absolute atomic E-state index is 13.0. The molecule has 0 bridgehead atoms. The first-order chi connectivity index (χ1) is 15.9. The van der Waals surface area contributed by atoms with E-state index < -0.39 is 5.91 Å². The molecule has 1 aliphatic heterocycles. The number of amides is 3. The standard InChI is InChI=1S/C24H23ClN4O4/c1-15(30)26-18-10-8-16(9-11-18)24(32)29-12-4-5-17(14-29)22-13-21(28-33-22)23(31)27-20-7-3-2-6-19(20)25/h2-3,6-11,13,17H,4-5,12,14H2,1H3,(H,26,30)(H,27,31). The lowest BCUT2D eigenvalue weighted by atomic mass is 9.94. The lowest BCUT2D eigenvalue weighted by Gasteiger charge is -2.31. The normalized spacial score (nSPS) is 15.7. The van der Waals surface area contributed by atoms with Crippen LogP contribution in [-0.4, -0.2) is 40.9 Å². The summed E-state index contributed by atoms with van der Waals surface area (Å²) in [6.07, 6.45) is 1.63. The summed E-state index contributed by atoms with van der Waals surface area (Å²) in [6.45, 7) is 2.53. The van der Waals surface area contributed by atoms with Gasteiger partial charge in [0.15, 0.2) is 5.69 Å². The molecule has 0 saturated carbocycles. The van der Waals surface area contributed by atoms with Crippen LogP contribution in [0.25, 0.3) is 0 Å². The van der Waals surface area contributed by atoms with Gasteiger partial charge in [-0.05, 0) is 49.2 Å². The maximum Gasteiger partial charge on any atom is 0.277 e. The highest BCUT2D eigenvalue weighted by Crippen LogP contribution is 2.29. The number of hydrogen-bond acceptors (Lipinski definition) is 5. The minimum Gasteiger partial charge on any atom is -0.360 e. The number of likely N-dealkylation sites (tertiary alicyclic amines) is 1. The molecule has 1 atom stereocenters. The van der Waals surface area contributed by atoms with Crippen molar-refractivity contribution in [3.63, 3.8) is 0 Å². The van der Waals surface area contributed by atoms with Gasteiger partial charge in [0.05, 0.1) is 10.7 Å². The van der Waals surface area contributed by atoms with Crippen molar-refractivity contribution in [2.24, 2.45) is 0 Å². The van der Waals surface area contributed by atoms with Gasteiger partial charge in [-0.25, -0.2) is 0 Å². The van der Waals surface area contributed by atoms with Gasteiger partial charge < -0.3 is 20.1 Å². The number of benzene rings is 2. The van der Waals surface area contributed by atoms with Gasteiger partial charge in [-0.3, -0.25) is 14.4 Å². The van der Waals surface area contributed by atoms with E-state index in [0.717, 1.165) is 12.8 Å². The molecule has 2 N–H and O–H groups in total. The fraction of sp³-hybridized carbons (Fsp3) is 0.250. The van der Waals surface area contributed by atoms with Gasteiger partial charge in [0.1, 0.15) is 5.76 Å². The van der Waals surface area contributed by atoms with Gasteiger partial charge in [-0.2, -0.15) is 0 Å². The second kappa shape index (κ2) is 9.87. The minimum atomic E-state index is -0.416. The van der Waals surface area contributed by atoms with Gasteiger partial charge in [-0.15, -0.1) is 0 Å². The predicted molar refractivity (Wildman–Crippen MR) is 125 cm³/mol. The van der Waals surface area contributed by atoms with Crippen LogP contribution in [0.1, 0.15) is 52.3 Å². The Morgan fingerprint density at radius 3 is 2.58 bits per heavy atom. The molecule has 1 aromatic heterocycles. The Bertz CT molecular complexity index is 1180. The van der Waals surface area contributed by atoms with Crippen LogP contribution in [0.2, 0.25) is 5.02 Å². The van der Waals surface area contributed by atoms with Crippen molar-refractivity contribution >= 4 is 40.7 Å². The average molecular weight is 467 g/mol. The number of carbonyl (C=O) groups is 3. The third-order valence-corrected chi connectivity index (χ3v) is 5.78. The molecule has 1 saturated heterocycles. The van der Waals surface area contributed by atoms with Crippen LogP contribution in [0, 0.1) is 0 Å². The smallest absolute Gasteiger partial charge is 0.277 e. The van der Waals surface area contributed by atoms with Gasteiger partial charge in [0.25, 0.3) is 11.8 Å². The number of piperidine rings is 1. The Kier molecular flexibility index (Phi) is 6.74. The van der Waals surface area contributed by atoms with Crippen molar-refractivity contribution in [3.05, 3.63) is 76.6 Å². The summed E-state index contributed by atoms with van der Waals surface area (Å²) in [5.41, 5.74) is 1.83. The summed E-state index contributed by atoms with van der Waals surface area (Å²) in [7, 11) is 0. The van der Waals surface area contributed by atoms with E-state index in [1.165, 1.54) is 6.92 Å². The summed E-state index contributed by atoms with van der Waals surface area (Å²) in [5.74, 6) is -0.167. The molecule has 0 radical (unpaired) electrons. The fourth-order valence-corrected chi connectivity index (χ4v) is 4.00. The number of anilines is 2. The second-order valence-electron chi connectivity index (χ2n) is 7.90. The minimum absolute atomic E-state index is 0.0595. The molecule has 1 fully saturated rings. The zero-order chi connectivity index (χ0) is 23.4. The molecule has 0 aliphatic carbocycles. The van der Waals surface area contributed by atoms with E-state index in [2.05, 4.69) is 15.8 Å². The number of halogens is 1. The molecule has 4 rings (SSSR count). The molecular formula is C24H23ClN4O4. The Labute approximate surface area is 195 Å². The molecule has 1 aliphatic rings. The number of nitrogens with one attached hydrogen (secondary N) is 2. The number of rotatable bonds is 5. The van der Waals surface area contributed by atoms with E-state index in [-0.39, 0.29) is 23.4 Å². The van der Waals surface area contributed by atoms with Gasteiger partial charge in [0.2, 0.25) is 5.91 Å². The van der Waals surface area contributed by atoms with Crippen molar-refractivity contribution in [1.29, 1.82) is 0 Å². The molecule has 33 heavy (non-hydrogen) atoms.